The van der Waals surface area contributed by atoms with Crippen LogP contribution >= 0.6 is 47.8 Å². The lowest BCUT2D eigenvalue weighted by molar-refractivity contribution is 0.824. The Hall–Kier alpha value is 0.400. The summed E-state index contributed by atoms with van der Waals surface area (Å²) in [6.07, 6.45) is 3.50. The second-order valence-corrected chi connectivity index (χ2v) is 6.83. The number of hydrogen-bond acceptors (Lipinski definition) is 0. The average Bonchev–Trinajstić information content (AvgIpc) is 2.20. The summed E-state index contributed by atoms with van der Waals surface area (Å²) in [5.74, 6) is 0. The highest BCUT2D eigenvalue weighted by molar-refractivity contribution is 9.28. The van der Waals surface area contributed by atoms with Gasteiger partial charge in [-0.15, -0.1) is 0 Å². The van der Waals surface area contributed by atoms with Gasteiger partial charge in [-0.2, -0.15) is 0 Å². The highest BCUT2D eigenvalue weighted by Gasteiger charge is 2.08. The lowest BCUT2D eigenvalue weighted by Gasteiger charge is -2.10. The molecule has 0 saturated heterocycles. The van der Waals surface area contributed by atoms with Crippen LogP contribution in [0.15, 0.2) is 32.1 Å². The molecule has 1 aromatic rings. The normalized spacial score (nSPS) is 10.1. The second-order valence-electron chi connectivity index (χ2n) is 3.32. The standard InChI is InChI=1S/C12H13Br3/c1-2-3-6-10(12(14)15)9-7-4-5-8-11(9)13/h4-5,7-8H,2-3,6H2,1H3. The summed E-state index contributed by atoms with van der Waals surface area (Å²) in [7, 11) is 0. The Bertz CT molecular complexity index is 352. The molecule has 0 nitrogen and oxygen atoms in total. The van der Waals surface area contributed by atoms with Gasteiger partial charge in [-0.3, -0.25) is 0 Å². The topological polar surface area (TPSA) is 0 Å². The Morgan fingerprint density at radius 3 is 2.40 bits per heavy atom. The van der Waals surface area contributed by atoms with E-state index in [0.717, 1.165) is 14.3 Å². The van der Waals surface area contributed by atoms with Crippen LogP contribution < -0.4 is 0 Å². The summed E-state index contributed by atoms with van der Waals surface area (Å²) in [6, 6.07) is 8.31. The first-order valence-electron chi connectivity index (χ1n) is 4.95. The molecule has 0 aromatic heterocycles. The van der Waals surface area contributed by atoms with E-state index in [4.69, 9.17) is 0 Å². The van der Waals surface area contributed by atoms with Gasteiger partial charge in [-0.25, -0.2) is 0 Å². The van der Waals surface area contributed by atoms with Gasteiger partial charge in [0.1, 0.15) is 0 Å². The van der Waals surface area contributed by atoms with Gasteiger partial charge in [-0.1, -0.05) is 47.5 Å². The Kier molecular flexibility index (Phi) is 6.17. The van der Waals surface area contributed by atoms with Crippen molar-refractivity contribution in [2.75, 3.05) is 0 Å². The van der Waals surface area contributed by atoms with Gasteiger partial charge in [0.2, 0.25) is 0 Å². The molecule has 0 N–H and O–H groups in total. The third kappa shape index (κ3) is 4.04. The van der Waals surface area contributed by atoms with Crippen LogP contribution in [0.5, 0.6) is 0 Å². The van der Waals surface area contributed by atoms with E-state index in [1.807, 2.05) is 6.07 Å². The summed E-state index contributed by atoms with van der Waals surface area (Å²) in [5.41, 5.74) is 2.58. The zero-order valence-electron chi connectivity index (χ0n) is 8.56. The van der Waals surface area contributed by atoms with E-state index < -0.39 is 0 Å². The zero-order chi connectivity index (χ0) is 11.3. The van der Waals surface area contributed by atoms with E-state index in [-0.39, 0.29) is 0 Å². The SMILES string of the molecule is CCCCC(=C(Br)Br)c1ccccc1Br. The van der Waals surface area contributed by atoms with Crippen LogP contribution in [0, 0.1) is 0 Å². The molecule has 0 saturated carbocycles. The van der Waals surface area contributed by atoms with Gasteiger partial charge in [-0.05, 0) is 61.9 Å². The number of unbranched alkanes of at least 4 members (excludes halogenated alkanes) is 1. The molecule has 0 aliphatic rings. The van der Waals surface area contributed by atoms with Gasteiger partial charge in [0.25, 0.3) is 0 Å². The number of halogens is 3. The van der Waals surface area contributed by atoms with Gasteiger partial charge in [0, 0.05) is 4.47 Å². The first-order valence-corrected chi connectivity index (χ1v) is 7.33. The fourth-order valence-corrected chi connectivity index (χ4v) is 2.74. The number of hydrogen-bond donors (Lipinski definition) is 0. The van der Waals surface area contributed by atoms with Crippen molar-refractivity contribution in [1.82, 2.24) is 0 Å². The summed E-state index contributed by atoms with van der Waals surface area (Å²) < 4.78 is 2.20. The van der Waals surface area contributed by atoms with E-state index in [1.165, 1.54) is 24.0 Å². The van der Waals surface area contributed by atoms with Crippen molar-refractivity contribution in [3.05, 3.63) is 37.7 Å². The molecule has 15 heavy (non-hydrogen) atoms. The lowest BCUT2D eigenvalue weighted by atomic mass is 10.0. The molecule has 0 fully saturated rings. The molecule has 0 bridgehead atoms. The molecular weight excluding hydrogens is 384 g/mol. The molecule has 0 amide bonds. The molecule has 3 heteroatoms. The predicted octanol–water partition coefficient (Wildman–Crippen LogP) is 6.10. The Morgan fingerprint density at radius 1 is 1.20 bits per heavy atom. The van der Waals surface area contributed by atoms with Crippen molar-refractivity contribution >= 4 is 53.4 Å². The van der Waals surface area contributed by atoms with Crippen LogP contribution in [0.2, 0.25) is 0 Å². The summed E-state index contributed by atoms with van der Waals surface area (Å²) in [5, 5.41) is 0. The minimum atomic E-state index is 1.05. The van der Waals surface area contributed by atoms with Crippen LogP contribution in [-0.4, -0.2) is 0 Å². The van der Waals surface area contributed by atoms with E-state index in [2.05, 4.69) is 72.9 Å². The highest BCUT2D eigenvalue weighted by atomic mass is 79.9. The van der Waals surface area contributed by atoms with E-state index >= 15 is 0 Å². The van der Waals surface area contributed by atoms with Crippen molar-refractivity contribution in [3.8, 4) is 0 Å². The quantitative estimate of drug-likeness (QED) is 0.577. The summed E-state index contributed by atoms with van der Waals surface area (Å²) in [6.45, 7) is 2.21. The molecule has 0 radical (unpaired) electrons. The van der Waals surface area contributed by atoms with Crippen molar-refractivity contribution < 1.29 is 0 Å². The largest absolute Gasteiger partial charge is 0.0654 e. The molecule has 0 aliphatic heterocycles. The minimum absolute atomic E-state index is 1.05. The number of benzene rings is 1. The Balaban J connectivity index is 3.01. The van der Waals surface area contributed by atoms with Crippen molar-refractivity contribution in [2.24, 2.45) is 0 Å². The minimum Gasteiger partial charge on any atom is -0.0654 e. The first-order chi connectivity index (χ1) is 7.16. The highest BCUT2D eigenvalue weighted by Crippen LogP contribution is 2.35. The molecule has 0 atom stereocenters. The van der Waals surface area contributed by atoms with Gasteiger partial charge < -0.3 is 0 Å². The van der Waals surface area contributed by atoms with Crippen LogP contribution in [0.1, 0.15) is 31.7 Å². The first kappa shape index (κ1) is 13.5. The fourth-order valence-electron chi connectivity index (χ4n) is 1.39. The Labute approximate surface area is 117 Å². The van der Waals surface area contributed by atoms with E-state index in [9.17, 15) is 0 Å². The van der Waals surface area contributed by atoms with E-state index in [0.29, 0.717) is 0 Å². The number of allylic oxidation sites excluding steroid dienone is 1. The van der Waals surface area contributed by atoms with Crippen LogP contribution in [0.25, 0.3) is 5.57 Å². The lowest BCUT2D eigenvalue weighted by Crippen LogP contribution is -1.87. The van der Waals surface area contributed by atoms with Crippen molar-refractivity contribution in [3.63, 3.8) is 0 Å². The van der Waals surface area contributed by atoms with Gasteiger partial charge in [0.05, 0.1) is 3.39 Å². The average molecular weight is 397 g/mol. The molecular formula is C12H13Br3. The summed E-state index contributed by atoms with van der Waals surface area (Å²) in [4.78, 5) is 0. The fraction of sp³-hybridized carbons (Fsp3) is 0.333. The molecule has 0 heterocycles. The van der Waals surface area contributed by atoms with E-state index in [1.54, 1.807) is 0 Å². The van der Waals surface area contributed by atoms with Gasteiger partial charge >= 0.3 is 0 Å². The molecule has 1 rings (SSSR count). The maximum absolute atomic E-state index is 3.58. The smallest absolute Gasteiger partial charge is 0.0642 e. The zero-order valence-corrected chi connectivity index (χ0v) is 13.3. The van der Waals surface area contributed by atoms with Gasteiger partial charge in [0.15, 0.2) is 0 Å². The number of rotatable bonds is 4. The van der Waals surface area contributed by atoms with Crippen molar-refractivity contribution in [1.29, 1.82) is 0 Å². The summed E-state index contributed by atoms with van der Waals surface area (Å²) >= 11 is 10.6. The molecule has 0 unspecified atom stereocenters. The van der Waals surface area contributed by atoms with Crippen LogP contribution in [0.4, 0.5) is 0 Å². The monoisotopic (exact) mass is 394 g/mol. The van der Waals surface area contributed by atoms with Crippen LogP contribution in [-0.2, 0) is 0 Å². The second kappa shape index (κ2) is 6.87. The molecule has 0 spiro atoms. The Morgan fingerprint density at radius 2 is 1.87 bits per heavy atom. The van der Waals surface area contributed by atoms with Crippen LogP contribution in [0.3, 0.4) is 0 Å². The third-order valence-corrected chi connectivity index (χ3v) is 3.86. The molecule has 82 valence electrons. The molecule has 1 aromatic carbocycles. The molecule has 0 aliphatic carbocycles. The third-order valence-electron chi connectivity index (χ3n) is 2.21. The maximum Gasteiger partial charge on any atom is 0.0642 e. The predicted molar refractivity (Wildman–Crippen MR) is 78.4 cm³/mol. The van der Waals surface area contributed by atoms with Crippen molar-refractivity contribution in [2.45, 2.75) is 26.2 Å². The maximum atomic E-state index is 3.58.